The number of carbonyl (C=O) groups excluding carboxylic acids is 2. The third kappa shape index (κ3) is 6.47. The van der Waals surface area contributed by atoms with Crippen LogP contribution in [-0.4, -0.2) is 67.2 Å². The number of nitrogens with zero attached hydrogens (tertiary/aromatic N) is 2. The van der Waals surface area contributed by atoms with Crippen LogP contribution in [0.25, 0.3) is 0 Å². The van der Waals surface area contributed by atoms with E-state index in [4.69, 9.17) is 4.74 Å². The maximum atomic E-state index is 13.2. The molecule has 0 aliphatic carbocycles. The summed E-state index contributed by atoms with van der Waals surface area (Å²) in [7, 11) is 1.62. The van der Waals surface area contributed by atoms with Crippen molar-refractivity contribution in [2.45, 2.75) is 4.90 Å². The summed E-state index contributed by atoms with van der Waals surface area (Å²) in [5.41, 5.74) is 0.444. The van der Waals surface area contributed by atoms with E-state index in [2.05, 4.69) is 5.32 Å². The third-order valence-electron chi connectivity index (χ3n) is 4.62. The van der Waals surface area contributed by atoms with Crippen LogP contribution < -0.4 is 10.1 Å². The van der Waals surface area contributed by atoms with Crippen LogP contribution in [0.5, 0.6) is 5.75 Å². The molecule has 0 unspecified atom stereocenters. The van der Waals surface area contributed by atoms with Gasteiger partial charge in [-0.1, -0.05) is 6.07 Å². The van der Waals surface area contributed by atoms with Crippen LogP contribution >= 0.6 is 11.8 Å². The van der Waals surface area contributed by atoms with Crippen LogP contribution in [0, 0.1) is 5.82 Å². The van der Waals surface area contributed by atoms with Gasteiger partial charge in [-0.15, -0.1) is 11.8 Å². The monoisotopic (exact) mass is 417 g/mol. The summed E-state index contributed by atoms with van der Waals surface area (Å²) in [5.74, 6) is 0.688. The number of hydrogen-bond acceptors (Lipinski definition) is 5. The molecule has 1 heterocycles. The van der Waals surface area contributed by atoms with Gasteiger partial charge in [-0.25, -0.2) is 4.39 Å². The number of rotatable bonds is 7. The summed E-state index contributed by atoms with van der Waals surface area (Å²) < 4.78 is 18.3. The summed E-state index contributed by atoms with van der Waals surface area (Å²) >= 11 is 1.50. The summed E-state index contributed by atoms with van der Waals surface area (Å²) in [6, 6.07) is 13.4. The predicted molar refractivity (Wildman–Crippen MR) is 112 cm³/mol. The minimum absolute atomic E-state index is 0.0923. The zero-order valence-electron chi connectivity index (χ0n) is 16.3. The molecule has 1 saturated heterocycles. The molecule has 1 N–H and O–H groups in total. The van der Waals surface area contributed by atoms with E-state index in [1.54, 1.807) is 19.2 Å². The van der Waals surface area contributed by atoms with Crippen molar-refractivity contribution in [1.29, 1.82) is 0 Å². The number of thioether (sulfide) groups is 1. The highest BCUT2D eigenvalue weighted by Crippen LogP contribution is 2.21. The first-order valence-corrected chi connectivity index (χ1v) is 10.3. The molecule has 0 atom stereocenters. The van der Waals surface area contributed by atoms with Crippen molar-refractivity contribution < 1.29 is 18.7 Å². The Bertz CT molecular complexity index is 839. The molecule has 1 fully saturated rings. The molecular weight excluding hydrogens is 393 g/mol. The Kier molecular flexibility index (Phi) is 7.48. The predicted octanol–water partition coefficient (Wildman–Crippen LogP) is 2.71. The van der Waals surface area contributed by atoms with Crippen LogP contribution in [0.4, 0.5) is 10.1 Å². The Balaban J connectivity index is 1.38. The minimum atomic E-state index is -0.387. The van der Waals surface area contributed by atoms with Crippen molar-refractivity contribution in [3.8, 4) is 5.75 Å². The average molecular weight is 418 g/mol. The van der Waals surface area contributed by atoms with Crippen molar-refractivity contribution in [1.82, 2.24) is 9.80 Å². The lowest BCUT2D eigenvalue weighted by atomic mass is 10.3. The summed E-state index contributed by atoms with van der Waals surface area (Å²) in [4.78, 5) is 29.4. The molecule has 3 rings (SSSR count). The molecule has 0 radical (unpaired) electrons. The highest BCUT2D eigenvalue weighted by molar-refractivity contribution is 8.00. The molecule has 1 aliphatic heterocycles. The van der Waals surface area contributed by atoms with Gasteiger partial charge in [0.15, 0.2) is 0 Å². The molecule has 0 saturated carbocycles. The maximum Gasteiger partial charge on any atom is 0.238 e. The number of methoxy groups -OCH3 is 1. The van der Waals surface area contributed by atoms with Crippen molar-refractivity contribution in [3.05, 3.63) is 54.3 Å². The zero-order valence-corrected chi connectivity index (χ0v) is 17.1. The number of ether oxygens (including phenoxy) is 1. The number of carbonyl (C=O) groups is 2. The fourth-order valence-electron chi connectivity index (χ4n) is 3.03. The maximum absolute atomic E-state index is 13.2. The molecule has 0 spiro atoms. The van der Waals surface area contributed by atoms with E-state index in [1.165, 1.54) is 23.9 Å². The van der Waals surface area contributed by atoms with Crippen LogP contribution in [-0.2, 0) is 9.59 Å². The SMILES string of the molecule is COc1ccc(SCC(=O)N2CCN(CC(=O)Nc3cccc(F)c3)CC2)cc1. The molecule has 2 aromatic rings. The van der Waals surface area contributed by atoms with Gasteiger partial charge in [-0.3, -0.25) is 14.5 Å². The van der Waals surface area contributed by atoms with E-state index in [1.807, 2.05) is 34.1 Å². The van der Waals surface area contributed by atoms with Crippen LogP contribution in [0.3, 0.4) is 0 Å². The van der Waals surface area contributed by atoms with Crippen LogP contribution in [0.15, 0.2) is 53.4 Å². The molecule has 154 valence electrons. The van der Waals surface area contributed by atoms with Gasteiger partial charge in [0.25, 0.3) is 0 Å². The topological polar surface area (TPSA) is 61.9 Å². The van der Waals surface area contributed by atoms with E-state index >= 15 is 0 Å². The van der Waals surface area contributed by atoms with Gasteiger partial charge < -0.3 is 15.0 Å². The van der Waals surface area contributed by atoms with E-state index in [0.717, 1.165) is 10.6 Å². The number of hydrogen-bond donors (Lipinski definition) is 1. The Morgan fingerprint density at radius 2 is 1.83 bits per heavy atom. The van der Waals surface area contributed by atoms with Gasteiger partial charge in [-0.05, 0) is 42.5 Å². The van der Waals surface area contributed by atoms with Gasteiger partial charge in [0, 0.05) is 36.8 Å². The Morgan fingerprint density at radius 1 is 1.10 bits per heavy atom. The molecule has 0 aromatic heterocycles. The summed E-state index contributed by atoms with van der Waals surface area (Å²) in [6.07, 6.45) is 0. The zero-order chi connectivity index (χ0) is 20.6. The number of anilines is 1. The van der Waals surface area contributed by atoms with Gasteiger partial charge >= 0.3 is 0 Å². The van der Waals surface area contributed by atoms with Gasteiger partial charge in [0.2, 0.25) is 11.8 Å². The Labute approximate surface area is 174 Å². The Hall–Kier alpha value is -2.58. The van der Waals surface area contributed by atoms with Crippen molar-refractivity contribution in [2.75, 3.05) is 50.9 Å². The van der Waals surface area contributed by atoms with E-state index in [-0.39, 0.29) is 24.2 Å². The molecule has 2 amide bonds. The van der Waals surface area contributed by atoms with Gasteiger partial charge in [0.1, 0.15) is 11.6 Å². The summed E-state index contributed by atoms with van der Waals surface area (Å²) in [5, 5.41) is 2.70. The van der Waals surface area contributed by atoms with Crippen molar-refractivity contribution in [2.24, 2.45) is 0 Å². The molecular formula is C21H24FN3O3S. The molecule has 8 heteroatoms. The normalized spacial score (nSPS) is 14.5. The van der Waals surface area contributed by atoms with Gasteiger partial charge in [0.05, 0.1) is 19.4 Å². The second-order valence-electron chi connectivity index (χ2n) is 6.68. The number of benzene rings is 2. The third-order valence-corrected chi connectivity index (χ3v) is 5.62. The number of amides is 2. The number of piperazine rings is 1. The highest BCUT2D eigenvalue weighted by atomic mass is 32.2. The van der Waals surface area contributed by atoms with E-state index in [9.17, 15) is 14.0 Å². The fourth-order valence-corrected chi connectivity index (χ4v) is 3.83. The van der Waals surface area contributed by atoms with Crippen molar-refractivity contribution >= 4 is 29.3 Å². The van der Waals surface area contributed by atoms with Gasteiger partial charge in [-0.2, -0.15) is 0 Å². The van der Waals surface area contributed by atoms with E-state index in [0.29, 0.717) is 37.6 Å². The van der Waals surface area contributed by atoms with E-state index < -0.39 is 0 Å². The average Bonchev–Trinajstić information content (AvgIpc) is 2.73. The fraction of sp³-hybridized carbons (Fsp3) is 0.333. The van der Waals surface area contributed by atoms with Crippen molar-refractivity contribution in [3.63, 3.8) is 0 Å². The molecule has 6 nitrogen and oxygen atoms in total. The Morgan fingerprint density at radius 3 is 2.48 bits per heavy atom. The minimum Gasteiger partial charge on any atom is -0.497 e. The number of nitrogens with one attached hydrogen (secondary N) is 1. The second-order valence-corrected chi connectivity index (χ2v) is 7.73. The summed E-state index contributed by atoms with van der Waals surface area (Å²) in [6.45, 7) is 2.68. The smallest absolute Gasteiger partial charge is 0.238 e. The first kappa shape index (κ1) is 21.1. The first-order chi connectivity index (χ1) is 14.0. The largest absolute Gasteiger partial charge is 0.497 e. The molecule has 1 aliphatic rings. The highest BCUT2D eigenvalue weighted by Gasteiger charge is 2.22. The first-order valence-electron chi connectivity index (χ1n) is 9.36. The standard InChI is InChI=1S/C21H24FN3O3S/c1-28-18-5-7-19(8-6-18)29-15-21(27)25-11-9-24(10-12-25)14-20(26)23-17-4-2-3-16(22)13-17/h2-8,13H,9-12,14-15H2,1H3,(H,23,26). The second kappa shape index (κ2) is 10.3. The lowest BCUT2D eigenvalue weighted by Crippen LogP contribution is -2.50. The lowest BCUT2D eigenvalue weighted by Gasteiger charge is -2.34. The molecule has 29 heavy (non-hydrogen) atoms. The number of halogens is 1. The molecule has 2 aromatic carbocycles. The lowest BCUT2D eigenvalue weighted by molar-refractivity contribution is -0.130. The molecule has 0 bridgehead atoms. The van der Waals surface area contributed by atoms with Crippen LogP contribution in [0.2, 0.25) is 0 Å². The van der Waals surface area contributed by atoms with Crippen LogP contribution in [0.1, 0.15) is 0 Å². The quantitative estimate of drug-likeness (QED) is 0.702.